The van der Waals surface area contributed by atoms with Crippen LogP contribution < -0.4 is 4.74 Å². The van der Waals surface area contributed by atoms with Gasteiger partial charge in [-0.25, -0.2) is 14.6 Å². The van der Waals surface area contributed by atoms with Gasteiger partial charge >= 0.3 is 11.9 Å². The summed E-state index contributed by atoms with van der Waals surface area (Å²) in [5.74, 6) is -0.516. The monoisotopic (exact) mass is 449 g/mol. The topological polar surface area (TPSA) is 78.1 Å². The van der Waals surface area contributed by atoms with Crippen molar-refractivity contribution in [2.75, 3.05) is 0 Å². The van der Waals surface area contributed by atoms with Crippen molar-refractivity contribution in [3.63, 3.8) is 0 Å². The summed E-state index contributed by atoms with van der Waals surface area (Å²) in [6.45, 7) is 0. The minimum atomic E-state index is -0.625. The molecule has 1 aliphatic heterocycles. The Balaban J connectivity index is 1.46. The predicted molar refractivity (Wildman–Crippen MR) is 118 cm³/mol. The molecule has 31 heavy (non-hydrogen) atoms. The lowest BCUT2D eigenvalue weighted by Crippen LogP contribution is -2.08. The highest BCUT2D eigenvalue weighted by molar-refractivity contribution is 7.21. The molecule has 0 amide bonds. The molecule has 0 bridgehead atoms. The Morgan fingerprint density at radius 1 is 1.06 bits per heavy atom. The van der Waals surface area contributed by atoms with Crippen LogP contribution in [0.5, 0.6) is 5.75 Å². The van der Waals surface area contributed by atoms with Crippen LogP contribution in [0.4, 0.5) is 0 Å². The maximum atomic E-state index is 12.8. The van der Waals surface area contributed by atoms with E-state index in [4.69, 9.17) is 25.5 Å². The van der Waals surface area contributed by atoms with Crippen LogP contribution in [0.25, 0.3) is 16.2 Å². The van der Waals surface area contributed by atoms with Crippen LogP contribution in [0.3, 0.4) is 0 Å². The van der Waals surface area contributed by atoms with Gasteiger partial charge in [-0.1, -0.05) is 48.0 Å². The van der Waals surface area contributed by atoms with Crippen molar-refractivity contribution >= 4 is 56.9 Å². The van der Waals surface area contributed by atoms with Crippen LogP contribution >= 0.6 is 22.9 Å². The van der Waals surface area contributed by atoms with Crippen molar-refractivity contribution < 1.29 is 23.5 Å². The molecule has 0 atom stereocenters. The normalized spacial score (nSPS) is 14.7. The number of benzene rings is 2. The third-order valence-corrected chi connectivity index (χ3v) is 6.14. The molecule has 152 valence electrons. The molecule has 0 saturated heterocycles. The number of aliphatic imine (C=N–C) groups is 1. The second-order valence-corrected chi connectivity index (χ2v) is 7.91. The summed E-state index contributed by atoms with van der Waals surface area (Å²) in [6, 6.07) is 17.6. The van der Waals surface area contributed by atoms with Gasteiger partial charge in [-0.15, -0.1) is 11.3 Å². The summed E-state index contributed by atoms with van der Waals surface area (Å²) in [5, 5.41) is 1.15. The van der Waals surface area contributed by atoms with Gasteiger partial charge in [0.1, 0.15) is 10.6 Å². The van der Waals surface area contributed by atoms with E-state index in [1.54, 1.807) is 36.4 Å². The standard InChI is InChI=1S/C23H12ClNO5S/c24-19-14-7-2-4-10-18(14)31-20(19)23(27)29-16-8-3-1-6-13(16)12-15-22(26)30-21(25-15)17-9-5-11-28-17/h1-12H/b15-12+. The second-order valence-electron chi connectivity index (χ2n) is 6.48. The average molecular weight is 450 g/mol. The van der Waals surface area contributed by atoms with E-state index in [0.717, 1.165) is 10.1 Å². The van der Waals surface area contributed by atoms with Gasteiger partial charge in [0.2, 0.25) is 0 Å². The molecule has 0 saturated carbocycles. The second kappa shape index (κ2) is 7.86. The number of cyclic esters (lactones) is 1. The van der Waals surface area contributed by atoms with E-state index in [2.05, 4.69) is 4.99 Å². The van der Waals surface area contributed by atoms with Crippen LogP contribution in [-0.4, -0.2) is 17.8 Å². The molecule has 5 rings (SSSR count). The molecule has 2 aromatic heterocycles. The molecule has 0 spiro atoms. The number of fused-ring (bicyclic) bond motifs is 1. The molecule has 0 unspecified atom stereocenters. The van der Waals surface area contributed by atoms with Crippen LogP contribution in [0.2, 0.25) is 5.02 Å². The Bertz CT molecular complexity index is 1380. The zero-order valence-electron chi connectivity index (χ0n) is 15.7. The number of ether oxygens (including phenoxy) is 2. The van der Waals surface area contributed by atoms with E-state index in [0.29, 0.717) is 21.2 Å². The van der Waals surface area contributed by atoms with Crippen LogP contribution in [0.15, 0.2) is 82.0 Å². The Labute approximate surface area is 185 Å². The number of halogens is 1. The number of carbonyl (C=O) groups excluding carboxylic acids is 2. The molecule has 0 radical (unpaired) electrons. The summed E-state index contributed by atoms with van der Waals surface area (Å²) in [7, 11) is 0. The molecule has 1 aliphatic rings. The van der Waals surface area contributed by atoms with E-state index in [9.17, 15) is 9.59 Å². The number of thiophene rings is 1. The minimum absolute atomic E-state index is 0.0646. The third kappa shape index (κ3) is 3.65. The molecule has 0 aliphatic carbocycles. The Morgan fingerprint density at radius 3 is 2.68 bits per heavy atom. The van der Waals surface area contributed by atoms with Crippen molar-refractivity contribution in [2.45, 2.75) is 0 Å². The molecule has 8 heteroatoms. The van der Waals surface area contributed by atoms with Crippen molar-refractivity contribution in [1.82, 2.24) is 0 Å². The first-order valence-electron chi connectivity index (χ1n) is 9.15. The van der Waals surface area contributed by atoms with Gasteiger partial charge in [0.25, 0.3) is 5.90 Å². The largest absolute Gasteiger partial charge is 0.459 e. The average Bonchev–Trinajstić information content (AvgIpc) is 3.50. The van der Waals surface area contributed by atoms with Crippen LogP contribution in [0.1, 0.15) is 21.0 Å². The summed E-state index contributed by atoms with van der Waals surface area (Å²) in [6.07, 6.45) is 2.95. The number of rotatable bonds is 4. The molecule has 0 N–H and O–H groups in total. The first-order valence-corrected chi connectivity index (χ1v) is 10.3. The first kappa shape index (κ1) is 19.3. The number of hydrogen-bond acceptors (Lipinski definition) is 7. The number of nitrogens with zero attached hydrogens (tertiary/aromatic N) is 1. The molecule has 0 fully saturated rings. The SMILES string of the molecule is O=C1OC(c2ccco2)=N/C1=C/c1ccccc1OC(=O)c1sc2ccccc2c1Cl. The van der Waals surface area contributed by atoms with E-state index >= 15 is 0 Å². The molecular formula is C23H12ClNO5S. The maximum Gasteiger partial charge on any atom is 0.363 e. The zero-order chi connectivity index (χ0) is 21.4. The van der Waals surface area contributed by atoms with Gasteiger partial charge in [0.15, 0.2) is 11.5 Å². The fraction of sp³-hybridized carbons (Fsp3) is 0. The van der Waals surface area contributed by atoms with Gasteiger partial charge in [-0.2, -0.15) is 0 Å². The van der Waals surface area contributed by atoms with Crippen LogP contribution in [-0.2, 0) is 9.53 Å². The molecule has 2 aromatic carbocycles. The highest BCUT2D eigenvalue weighted by Gasteiger charge is 2.26. The summed E-state index contributed by atoms with van der Waals surface area (Å²) >= 11 is 7.65. The van der Waals surface area contributed by atoms with Gasteiger partial charge in [0, 0.05) is 15.6 Å². The van der Waals surface area contributed by atoms with E-state index in [-0.39, 0.29) is 17.3 Å². The highest BCUT2D eigenvalue weighted by atomic mass is 35.5. The lowest BCUT2D eigenvalue weighted by atomic mass is 10.1. The quantitative estimate of drug-likeness (QED) is 0.226. The molecule has 3 heterocycles. The molecular weight excluding hydrogens is 438 g/mol. The number of carbonyl (C=O) groups is 2. The fourth-order valence-corrected chi connectivity index (χ4v) is 4.43. The van der Waals surface area contributed by atoms with Crippen molar-refractivity contribution in [3.05, 3.63) is 93.8 Å². The smallest absolute Gasteiger partial charge is 0.363 e. The van der Waals surface area contributed by atoms with E-state index in [1.807, 2.05) is 24.3 Å². The highest BCUT2D eigenvalue weighted by Crippen LogP contribution is 2.36. The third-order valence-electron chi connectivity index (χ3n) is 4.49. The number of esters is 2. The minimum Gasteiger partial charge on any atom is -0.459 e. The number of furan rings is 1. The Kier molecular flexibility index (Phi) is 4.89. The van der Waals surface area contributed by atoms with Gasteiger partial charge in [-0.3, -0.25) is 0 Å². The van der Waals surface area contributed by atoms with Crippen LogP contribution in [0, 0.1) is 0 Å². The predicted octanol–water partition coefficient (Wildman–Crippen LogP) is 5.71. The summed E-state index contributed by atoms with van der Waals surface area (Å²) in [5.41, 5.74) is 0.555. The lowest BCUT2D eigenvalue weighted by Gasteiger charge is -2.07. The van der Waals surface area contributed by atoms with Crippen molar-refractivity contribution in [1.29, 1.82) is 0 Å². The van der Waals surface area contributed by atoms with Gasteiger partial charge in [-0.05, 0) is 30.3 Å². The lowest BCUT2D eigenvalue weighted by molar-refractivity contribution is -0.130. The van der Waals surface area contributed by atoms with Gasteiger partial charge < -0.3 is 13.9 Å². The summed E-state index contributed by atoms with van der Waals surface area (Å²) in [4.78, 5) is 29.5. The Hall–Kier alpha value is -3.68. The zero-order valence-corrected chi connectivity index (χ0v) is 17.3. The fourth-order valence-electron chi connectivity index (χ4n) is 3.05. The summed E-state index contributed by atoms with van der Waals surface area (Å²) < 4.78 is 16.9. The maximum absolute atomic E-state index is 12.8. The number of para-hydroxylation sites is 1. The van der Waals surface area contributed by atoms with E-state index < -0.39 is 11.9 Å². The van der Waals surface area contributed by atoms with Crippen molar-refractivity contribution in [2.24, 2.45) is 4.99 Å². The van der Waals surface area contributed by atoms with Crippen molar-refractivity contribution in [3.8, 4) is 5.75 Å². The molecule has 4 aromatic rings. The Morgan fingerprint density at radius 2 is 1.87 bits per heavy atom. The molecule has 6 nitrogen and oxygen atoms in total. The number of hydrogen-bond donors (Lipinski definition) is 0. The van der Waals surface area contributed by atoms with E-state index in [1.165, 1.54) is 23.7 Å². The first-order chi connectivity index (χ1) is 15.1. The van der Waals surface area contributed by atoms with Gasteiger partial charge in [0.05, 0.1) is 11.3 Å².